The van der Waals surface area contributed by atoms with Crippen LogP contribution in [0.15, 0.2) is 78.2 Å². The van der Waals surface area contributed by atoms with E-state index in [9.17, 15) is 4.79 Å². The van der Waals surface area contributed by atoms with Gasteiger partial charge in [0.2, 0.25) is 5.91 Å². The SMILES string of the molecule is O=C(CSc1nnc(-c2cccnc2)n1-c1ccccc1)Nc1ccc2c(c1)CCC2. The number of benzene rings is 2. The Bertz CT molecular complexity index is 1210. The van der Waals surface area contributed by atoms with E-state index >= 15 is 0 Å². The van der Waals surface area contributed by atoms with Crippen molar-refractivity contribution in [3.63, 3.8) is 0 Å². The van der Waals surface area contributed by atoms with Gasteiger partial charge in [-0.15, -0.1) is 10.2 Å². The van der Waals surface area contributed by atoms with Crippen LogP contribution in [0.1, 0.15) is 17.5 Å². The van der Waals surface area contributed by atoms with Crippen molar-refractivity contribution in [3.8, 4) is 17.1 Å². The number of amides is 1. The maximum absolute atomic E-state index is 12.6. The van der Waals surface area contributed by atoms with Crippen molar-refractivity contribution in [2.45, 2.75) is 24.4 Å². The van der Waals surface area contributed by atoms with E-state index in [4.69, 9.17) is 0 Å². The molecule has 7 heteroatoms. The van der Waals surface area contributed by atoms with E-state index in [1.54, 1.807) is 12.4 Å². The molecule has 31 heavy (non-hydrogen) atoms. The lowest BCUT2D eigenvalue weighted by Gasteiger charge is -2.10. The van der Waals surface area contributed by atoms with E-state index in [0.717, 1.165) is 29.8 Å². The highest BCUT2D eigenvalue weighted by molar-refractivity contribution is 7.99. The maximum Gasteiger partial charge on any atom is 0.234 e. The number of para-hydroxylation sites is 1. The Kier molecular flexibility index (Phi) is 5.50. The standard InChI is InChI=1S/C24H21N5OS/c30-22(26-20-12-11-17-6-4-7-18(17)14-20)16-31-24-28-27-23(19-8-5-13-25-15-19)29(24)21-9-2-1-3-10-21/h1-3,5,8-15H,4,6-7,16H2,(H,26,30). The lowest BCUT2D eigenvalue weighted by atomic mass is 10.1. The van der Waals surface area contributed by atoms with Crippen LogP contribution in [0.3, 0.4) is 0 Å². The fourth-order valence-electron chi connectivity index (χ4n) is 3.83. The van der Waals surface area contributed by atoms with Gasteiger partial charge in [-0.3, -0.25) is 14.3 Å². The van der Waals surface area contributed by atoms with Crippen LogP contribution >= 0.6 is 11.8 Å². The number of nitrogens with zero attached hydrogens (tertiary/aromatic N) is 4. The number of anilines is 1. The lowest BCUT2D eigenvalue weighted by Crippen LogP contribution is -2.14. The van der Waals surface area contributed by atoms with Crippen molar-refractivity contribution in [2.24, 2.45) is 0 Å². The first kappa shape index (κ1) is 19.5. The monoisotopic (exact) mass is 427 g/mol. The Morgan fingerprint density at radius 3 is 2.71 bits per heavy atom. The molecule has 2 aromatic heterocycles. The van der Waals surface area contributed by atoms with E-state index < -0.39 is 0 Å². The van der Waals surface area contributed by atoms with Crippen molar-refractivity contribution >= 4 is 23.4 Å². The zero-order valence-corrected chi connectivity index (χ0v) is 17.7. The summed E-state index contributed by atoms with van der Waals surface area (Å²) in [5.41, 5.74) is 5.40. The molecule has 0 fully saturated rings. The van der Waals surface area contributed by atoms with Crippen LogP contribution in [0.4, 0.5) is 5.69 Å². The molecular weight excluding hydrogens is 406 g/mol. The molecule has 0 bridgehead atoms. The van der Waals surface area contributed by atoms with Gasteiger partial charge in [0.25, 0.3) is 0 Å². The number of carbonyl (C=O) groups excluding carboxylic acids is 1. The minimum Gasteiger partial charge on any atom is -0.325 e. The van der Waals surface area contributed by atoms with Gasteiger partial charge in [-0.05, 0) is 66.8 Å². The molecule has 2 heterocycles. The number of pyridine rings is 1. The van der Waals surface area contributed by atoms with Crippen LogP contribution in [-0.4, -0.2) is 31.4 Å². The molecule has 1 N–H and O–H groups in total. The van der Waals surface area contributed by atoms with Gasteiger partial charge in [0.15, 0.2) is 11.0 Å². The molecule has 0 aliphatic heterocycles. The fraction of sp³-hybridized carbons (Fsp3) is 0.167. The summed E-state index contributed by atoms with van der Waals surface area (Å²) in [7, 11) is 0. The summed E-state index contributed by atoms with van der Waals surface area (Å²) in [5, 5.41) is 12.4. The smallest absolute Gasteiger partial charge is 0.234 e. The Morgan fingerprint density at radius 2 is 1.87 bits per heavy atom. The topological polar surface area (TPSA) is 72.7 Å². The minimum atomic E-state index is -0.0616. The Labute approximate surface area is 184 Å². The summed E-state index contributed by atoms with van der Waals surface area (Å²) in [6.45, 7) is 0. The van der Waals surface area contributed by atoms with Gasteiger partial charge in [0, 0.05) is 29.3 Å². The summed E-state index contributed by atoms with van der Waals surface area (Å²) < 4.78 is 1.96. The van der Waals surface area contributed by atoms with Gasteiger partial charge in [0.1, 0.15) is 0 Å². The zero-order chi connectivity index (χ0) is 21.0. The molecule has 0 radical (unpaired) electrons. The first-order chi connectivity index (χ1) is 15.3. The van der Waals surface area contributed by atoms with Gasteiger partial charge >= 0.3 is 0 Å². The van der Waals surface area contributed by atoms with Crippen molar-refractivity contribution < 1.29 is 4.79 Å². The minimum absolute atomic E-state index is 0.0616. The van der Waals surface area contributed by atoms with Crippen LogP contribution in [0.5, 0.6) is 0 Å². The number of thioether (sulfide) groups is 1. The van der Waals surface area contributed by atoms with Crippen molar-refractivity contribution in [1.82, 2.24) is 19.7 Å². The molecule has 5 rings (SSSR count). The number of carbonyl (C=O) groups is 1. The number of hydrogen-bond acceptors (Lipinski definition) is 5. The summed E-state index contributed by atoms with van der Waals surface area (Å²) >= 11 is 1.37. The molecule has 154 valence electrons. The predicted molar refractivity (Wildman–Crippen MR) is 122 cm³/mol. The van der Waals surface area contributed by atoms with E-state index in [1.165, 1.54) is 29.3 Å². The van der Waals surface area contributed by atoms with Crippen molar-refractivity contribution in [2.75, 3.05) is 11.1 Å². The molecule has 0 atom stereocenters. The number of nitrogens with one attached hydrogen (secondary N) is 1. The average molecular weight is 428 g/mol. The third-order valence-electron chi connectivity index (χ3n) is 5.28. The molecule has 1 aliphatic rings. The lowest BCUT2D eigenvalue weighted by molar-refractivity contribution is -0.113. The second-order valence-corrected chi connectivity index (χ2v) is 8.34. The largest absolute Gasteiger partial charge is 0.325 e. The van der Waals surface area contributed by atoms with E-state index in [-0.39, 0.29) is 11.7 Å². The van der Waals surface area contributed by atoms with Gasteiger partial charge in [0.05, 0.1) is 5.75 Å². The molecule has 0 unspecified atom stereocenters. The molecule has 0 saturated heterocycles. The maximum atomic E-state index is 12.6. The predicted octanol–water partition coefficient (Wildman–Crippen LogP) is 4.55. The first-order valence-corrected chi connectivity index (χ1v) is 11.2. The molecule has 1 aliphatic carbocycles. The fourth-order valence-corrected chi connectivity index (χ4v) is 4.58. The van der Waals surface area contributed by atoms with Gasteiger partial charge in [-0.1, -0.05) is 36.0 Å². The van der Waals surface area contributed by atoms with Crippen LogP contribution < -0.4 is 5.32 Å². The summed E-state index contributed by atoms with van der Waals surface area (Å²) in [6.07, 6.45) is 6.90. The second kappa shape index (κ2) is 8.73. The van der Waals surface area contributed by atoms with Crippen molar-refractivity contribution in [3.05, 3.63) is 84.2 Å². The molecular formula is C24H21N5OS. The molecule has 6 nitrogen and oxygen atoms in total. The summed E-state index contributed by atoms with van der Waals surface area (Å²) in [4.78, 5) is 16.8. The summed E-state index contributed by atoms with van der Waals surface area (Å²) in [5.74, 6) is 0.879. The first-order valence-electron chi connectivity index (χ1n) is 10.2. The Balaban J connectivity index is 1.35. The quantitative estimate of drug-likeness (QED) is 0.457. The van der Waals surface area contributed by atoms with Crippen LogP contribution in [-0.2, 0) is 17.6 Å². The zero-order valence-electron chi connectivity index (χ0n) is 16.9. The highest BCUT2D eigenvalue weighted by atomic mass is 32.2. The van der Waals surface area contributed by atoms with Crippen LogP contribution in [0.25, 0.3) is 17.1 Å². The highest BCUT2D eigenvalue weighted by Crippen LogP contribution is 2.28. The third-order valence-corrected chi connectivity index (χ3v) is 6.21. The number of rotatable bonds is 6. The van der Waals surface area contributed by atoms with Crippen molar-refractivity contribution in [1.29, 1.82) is 0 Å². The van der Waals surface area contributed by atoms with Crippen LogP contribution in [0.2, 0.25) is 0 Å². The highest BCUT2D eigenvalue weighted by Gasteiger charge is 2.18. The Hall–Kier alpha value is -3.45. The average Bonchev–Trinajstić information content (AvgIpc) is 3.45. The number of aromatic nitrogens is 4. The molecule has 2 aromatic carbocycles. The molecule has 1 amide bonds. The van der Waals surface area contributed by atoms with Gasteiger partial charge in [-0.25, -0.2) is 0 Å². The molecule has 4 aromatic rings. The second-order valence-electron chi connectivity index (χ2n) is 7.39. The normalized spacial score (nSPS) is 12.5. The molecule has 0 spiro atoms. The number of hydrogen-bond donors (Lipinski definition) is 1. The van der Waals surface area contributed by atoms with E-state index in [2.05, 4.69) is 32.6 Å². The van der Waals surface area contributed by atoms with E-state index in [0.29, 0.717) is 11.0 Å². The van der Waals surface area contributed by atoms with Gasteiger partial charge < -0.3 is 5.32 Å². The summed E-state index contributed by atoms with van der Waals surface area (Å²) in [6, 6.07) is 19.9. The molecule has 0 saturated carbocycles. The van der Waals surface area contributed by atoms with Crippen LogP contribution in [0, 0.1) is 0 Å². The number of fused-ring (bicyclic) bond motifs is 1. The van der Waals surface area contributed by atoms with E-state index in [1.807, 2.05) is 53.1 Å². The Morgan fingerprint density at radius 1 is 1.00 bits per heavy atom. The van der Waals surface area contributed by atoms with Gasteiger partial charge in [-0.2, -0.15) is 0 Å². The number of aryl methyl sites for hydroxylation is 2. The third kappa shape index (κ3) is 4.22.